The zero-order valence-electron chi connectivity index (χ0n) is 14.6. The van der Waals surface area contributed by atoms with Gasteiger partial charge in [0.25, 0.3) is 5.91 Å². The number of aromatic nitrogens is 1. The molecule has 1 saturated heterocycles. The molecule has 4 rings (SSSR count). The zero-order chi connectivity index (χ0) is 18.8. The number of ether oxygens (including phenoxy) is 2. The number of hydrogen-bond donors (Lipinski definition) is 1. The number of para-hydroxylation sites is 1. The Morgan fingerprint density at radius 1 is 1.30 bits per heavy atom. The van der Waals surface area contributed by atoms with Crippen LogP contribution in [0.4, 0.5) is 10.2 Å². The number of halogens is 2. The van der Waals surface area contributed by atoms with E-state index in [1.807, 2.05) is 6.07 Å². The van der Waals surface area contributed by atoms with Crippen LogP contribution in [0.25, 0.3) is 0 Å². The third-order valence-electron chi connectivity index (χ3n) is 4.72. The van der Waals surface area contributed by atoms with Gasteiger partial charge in [-0.2, -0.15) is 0 Å². The molecular formula is C19H19ClFN3O3. The van der Waals surface area contributed by atoms with Gasteiger partial charge < -0.3 is 19.7 Å². The molecule has 0 radical (unpaired) electrons. The molecule has 2 aliphatic rings. The fourth-order valence-corrected chi connectivity index (χ4v) is 3.53. The summed E-state index contributed by atoms with van der Waals surface area (Å²) < 4.78 is 24.6. The second-order valence-electron chi connectivity index (χ2n) is 6.45. The molecule has 0 unspecified atom stereocenters. The minimum atomic E-state index is -0.385. The van der Waals surface area contributed by atoms with Crippen LogP contribution in [0, 0.1) is 5.82 Å². The molecule has 8 heteroatoms. The first-order chi connectivity index (χ1) is 13.1. The van der Waals surface area contributed by atoms with Crippen LogP contribution in [0.1, 0.15) is 28.4 Å². The highest BCUT2D eigenvalue weighted by atomic mass is 35.5. The molecule has 0 aliphatic carbocycles. The molecule has 1 amide bonds. The van der Waals surface area contributed by atoms with Crippen LogP contribution in [-0.4, -0.2) is 48.7 Å². The van der Waals surface area contributed by atoms with Crippen LogP contribution >= 0.6 is 11.6 Å². The first-order valence-corrected chi connectivity index (χ1v) is 9.21. The van der Waals surface area contributed by atoms with Gasteiger partial charge in [0.2, 0.25) is 0 Å². The number of carbonyl (C=O) groups excluding carboxylic acids is 1. The van der Waals surface area contributed by atoms with Gasteiger partial charge in [-0.15, -0.1) is 0 Å². The van der Waals surface area contributed by atoms with E-state index in [0.29, 0.717) is 55.7 Å². The minimum absolute atomic E-state index is 0.113. The molecule has 1 aromatic carbocycles. The highest BCUT2D eigenvalue weighted by Crippen LogP contribution is 2.37. The molecular weight excluding hydrogens is 373 g/mol. The monoisotopic (exact) mass is 391 g/mol. The summed E-state index contributed by atoms with van der Waals surface area (Å²) in [5.41, 5.74) is 1.17. The summed E-state index contributed by atoms with van der Waals surface area (Å²) in [6.45, 7) is 2.58. The molecule has 27 heavy (non-hydrogen) atoms. The highest BCUT2D eigenvalue weighted by molar-refractivity contribution is 6.33. The van der Waals surface area contributed by atoms with E-state index < -0.39 is 0 Å². The van der Waals surface area contributed by atoms with E-state index in [0.717, 1.165) is 5.56 Å². The molecule has 2 aliphatic heterocycles. The molecule has 6 nitrogen and oxygen atoms in total. The molecule has 0 bridgehead atoms. The lowest BCUT2D eigenvalue weighted by Gasteiger charge is -2.28. The summed E-state index contributed by atoms with van der Waals surface area (Å²) in [7, 11) is 0. The molecule has 1 fully saturated rings. The van der Waals surface area contributed by atoms with Crippen molar-refractivity contribution in [1.82, 2.24) is 9.88 Å². The van der Waals surface area contributed by atoms with Crippen molar-refractivity contribution in [2.24, 2.45) is 0 Å². The lowest BCUT2D eigenvalue weighted by atomic mass is 10.0. The van der Waals surface area contributed by atoms with Crippen molar-refractivity contribution in [2.45, 2.75) is 12.5 Å². The van der Waals surface area contributed by atoms with Crippen LogP contribution in [0.3, 0.4) is 0 Å². The van der Waals surface area contributed by atoms with E-state index in [1.165, 1.54) is 12.3 Å². The maximum absolute atomic E-state index is 13.9. The second-order valence-corrected chi connectivity index (χ2v) is 6.86. The Hall–Kier alpha value is -2.38. The van der Waals surface area contributed by atoms with Gasteiger partial charge in [0.15, 0.2) is 11.6 Å². The number of carbonyl (C=O) groups is 1. The quantitative estimate of drug-likeness (QED) is 0.869. The highest BCUT2D eigenvalue weighted by Gasteiger charge is 2.25. The van der Waals surface area contributed by atoms with Gasteiger partial charge in [-0.3, -0.25) is 4.79 Å². The standard InChI is InChI=1S/C19H19ClFN3O3/c20-14-10-12(19(25)24-5-8-26-9-6-24)11-22-18(14)23-16-4-7-27-17-13(16)2-1-3-15(17)21/h1-3,10-11,16H,4-9H2,(H,22,23)/t16-/m0/s1. The Morgan fingerprint density at radius 2 is 2.11 bits per heavy atom. The molecule has 1 aromatic heterocycles. The SMILES string of the molecule is O=C(c1cnc(N[C@H]2CCOc3c(F)cccc32)c(Cl)c1)N1CCOCC1. The first-order valence-electron chi connectivity index (χ1n) is 8.84. The smallest absolute Gasteiger partial charge is 0.255 e. The summed E-state index contributed by atoms with van der Waals surface area (Å²) in [6, 6.07) is 6.28. The molecule has 142 valence electrons. The predicted octanol–water partition coefficient (Wildman–Crippen LogP) is 3.28. The summed E-state index contributed by atoms with van der Waals surface area (Å²) in [5, 5.41) is 3.59. The average molecular weight is 392 g/mol. The molecule has 2 aromatic rings. The first kappa shape index (κ1) is 18.0. The van der Waals surface area contributed by atoms with Crippen LogP contribution in [0.2, 0.25) is 5.02 Å². The van der Waals surface area contributed by atoms with Gasteiger partial charge >= 0.3 is 0 Å². The number of anilines is 1. The van der Waals surface area contributed by atoms with E-state index in [-0.39, 0.29) is 23.5 Å². The number of hydrogen-bond acceptors (Lipinski definition) is 5. The third kappa shape index (κ3) is 3.70. The average Bonchev–Trinajstić information content (AvgIpc) is 2.70. The van der Waals surface area contributed by atoms with Gasteiger partial charge in [0, 0.05) is 31.3 Å². The van der Waals surface area contributed by atoms with E-state index in [2.05, 4.69) is 10.3 Å². The van der Waals surface area contributed by atoms with Gasteiger partial charge in [0.1, 0.15) is 5.82 Å². The van der Waals surface area contributed by atoms with Crippen LogP contribution in [0.5, 0.6) is 5.75 Å². The molecule has 1 N–H and O–H groups in total. The Bertz CT molecular complexity index is 858. The fraction of sp³-hybridized carbons (Fsp3) is 0.368. The van der Waals surface area contributed by atoms with E-state index in [1.54, 1.807) is 17.0 Å². The largest absolute Gasteiger partial charge is 0.490 e. The van der Waals surface area contributed by atoms with Crippen molar-refractivity contribution in [3.05, 3.63) is 52.4 Å². The number of nitrogens with zero attached hydrogens (tertiary/aromatic N) is 2. The molecule has 1 atom stereocenters. The Morgan fingerprint density at radius 3 is 2.89 bits per heavy atom. The zero-order valence-corrected chi connectivity index (χ0v) is 15.3. The Balaban J connectivity index is 1.53. The number of benzene rings is 1. The van der Waals surface area contributed by atoms with Gasteiger partial charge in [-0.1, -0.05) is 23.7 Å². The van der Waals surface area contributed by atoms with Crippen molar-refractivity contribution < 1.29 is 18.7 Å². The number of morpholine rings is 1. The van der Waals surface area contributed by atoms with Crippen LogP contribution < -0.4 is 10.1 Å². The third-order valence-corrected chi connectivity index (χ3v) is 5.01. The van der Waals surface area contributed by atoms with Crippen molar-refractivity contribution in [3.63, 3.8) is 0 Å². The maximum atomic E-state index is 13.9. The van der Waals surface area contributed by atoms with Crippen LogP contribution in [0.15, 0.2) is 30.5 Å². The Kier molecular flexibility index (Phi) is 5.13. The van der Waals surface area contributed by atoms with E-state index in [4.69, 9.17) is 21.1 Å². The van der Waals surface area contributed by atoms with Gasteiger partial charge in [0.05, 0.1) is 36.4 Å². The minimum Gasteiger partial charge on any atom is -0.490 e. The summed E-state index contributed by atoms with van der Waals surface area (Å²) >= 11 is 6.36. The summed E-state index contributed by atoms with van der Waals surface area (Å²) in [5.74, 6) is 0.219. The summed E-state index contributed by atoms with van der Waals surface area (Å²) in [6.07, 6.45) is 2.17. The lowest BCUT2D eigenvalue weighted by molar-refractivity contribution is 0.0302. The molecule has 0 saturated carbocycles. The number of rotatable bonds is 3. The fourth-order valence-electron chi connectivity index (χ4n) is 3.31. The predicted molar refractivity (Wildman–Crippen MR) is 98.8 cm³/mol. The number of amides is 1. The number of nitrogens with one attached hydrogen (secondary N) is 1. The van der Waals surface area contributed by atoms with Crippen molar-refractivity contribution >= 4 is 23.3 Å². The normalized spacial score (nSPS) is 19.2. The molecule has 3 heterocycles. The summed E-state index contributed by atoms with van der Waals surface area (Å²) in [4.78, 5) is 18.6. The van der Waals surface area contributed by atoms with Gasteiger partial charge in [-0.25, -0.2) is 9.37 Å². The second kappa shape index (κ2) is 7.70. The van der Waals surface area contributed by atoms with E-state index in [9.17, 15) is 9.18 Å². The number of pyridine rings is 1. The Labute approximate surface area is 161 Å². The van der Waals surface area contributed by atoms with E-state index >= 15 is 0 Å². The number of fused-ring (bicyclic) bond motifs is 1. The van der Waals surface area contributed by atoms with Crippen molar-refractivity contribution in [1.29, 1.82) is 0 Å². The van der Waals surface area contributed by atoms with Crippen molar-refractivity contribution in [2.75, 3.05) is 38.2 Å². The topological polar surface area (TPSA) is 63.7 Å². The lowest BCUT2D eigenvalue weighted by Crippen LogP contribution is -2.40. The van der Waals surface area contributed by atoms with Crippen molar-refractivity contribution in [3.8, 4) is 5.75 Å². The van der Waals surface area contributed by atoms with Crippen LogP contribution in [-0.2, 0) is 4.74 Å². The molecule has 0 spiro atoms. The maximum Gasteiger partial charge on any atom is 0.255 e. The van der Waals surface area contributed by atoms with Gasteiger partial charge in [-0.05, 0) is 12.1 Å².